The van der Waals surface area contributed by atoms with Crippen molar-refractivity contribution in [1.29, 1.82) is 0 Å². The predicted octanol–water partition coefficient (Wildman–Crippen LogP) is 4.39. The molecule has 9 heteroatoms. The summed E-state index contributed by atoms with van der Waals surface area (Å²) >= 11 is 0. The second kappa shape index (κ2) is 10.3. The van der Waals surface area contributed by atoms with Gasteiger partial charge in [-0.2, -0.15) is 13.2 Å². The Balaban J connectivity index is 2.06. The molecule has 0 fully saturated rings. The molecule has 0 saturated carbocycles. The first-order valence-corrected chi connectivity index (χ1v) is 9.55. The summed E-state index contributed by atoms with van der Waals surface area (Å²) in [6.45, 7) is 5.10. The zero-order valence-corrected chi connectivity index (χ0v) is 17.5. The maximum absolute atomic E-state index is 12.8. The highest BCUT2D eigenvalue weighted by Crippen LogP contribution is 2.29. The monoisotopic (exact) mass is 438 g/mol. The molecule has 0 aliphatic carbocycles. The summed E-state index contributed by atoms with van der Waals surface area (Å²) in [5.74, 6) is -0.665. The fraction of sp³-hybridized carbons (Fsp3) is 0.364. The summed E-state index contributed by atoms with van der Waals surface area (Å²) in [5, 5.41) is 2.44. The number of nitrogens with one attached hydrogen (secondary N) is 2. The van der Waals surface area contributed by atoms with E-state index in [1.54, 1.807) is 20.8 Å². The van der Waals surface area contributed by atoms with E-state index in [4.69, 9.17) is 9.57 Å². The average molecular weight is 438 g/mol. The molecule has 2 N–H and O–H groups in total. The number of ether oxygens (including phenoxy) is 1. The van der Waals surface area contributed by atoms with Crippen LogP contribution < -0.4 is 10.8 Å². The molecule has 0 spiro atoms. The Labute approximate surface area is 178 Å². The molecule has 0 aliphatic heterocycles. The largest absolute Gasteiger partial charge is 0.444 e. The van der Waals surface area contributed by atoms with Gasteiger partial charge in [-0.3, -0.25) is 9.63 Å². The van der Waals surface area contributed by atoms with Crippen molar-refractivity contribution >= 4 is 12.0 Å². The van der Waals surface area contributed by atoms with E-state index in [0.717, 1.165) is 17.7 Å². The van der Waals surface area contributed by atoms with Gasteiger partial charge in [0.05, 0.1) is 12.2 Å². The van der Waals surface area contributed by atoms with Crippen molar-refractivity contribution in [3.8, 4) is 0 Å². The fourth-order valence-corrected chi connectivity index (χ4v) is 2.56. The molecule has 0 radical (unpaired) electrons. The summed E-state index contributed by atoms with van der Waals surface area (Å²) in [7, 11) is 0. The van der Waals surface area contributed by atoms with Gasteiger partial charge in [-0.25, -0.2) is 10.3 Å². The summed E-state index contributed by atoms with van der Waals surface area (Å²) < 4.78 is 43.5. The van der Waals surface area contributed by atoms with Crippen molar-refractivity contribution in [2.24, 2.45) is 0 Å². The Morgan fingerprint density at radius 2 is 1.55 bits per heavy atom. The number of amides is 2. The van der Waals surface area contributed by atoms with Crippen LogP contribution in [0.3, 0.4) is 0 Å². The quantitative estimate of drug-likeness (QED) is 0.629. The van der Waals surface area contributed by atoms with Crippen molar-refractivity contribution < 1.29 is 32.3 Å². The molecule has 0 saturated heterocycles. The molecule has 0 heterocycles. The van der Waals surface area contributed by atoms with Crippen molar-refractivity contribution in [2.45, 2.75) is 51.6 Å². The molecule has 2 amide bonds. The number of carbonyl (C=O) groups excluding carboxylic acids is 2. The van der Waals surface area contributed by atoms with E-state index < -0.39 is 35.4 Å². The topological polar surface area (TPSA) is 76.7 Å². The van der Waals surface area contributed by atoms with Gasteiger partial charge in [0.25, 0.3) is 5.91 Å². The van der Waals surface area contributed by atoms with Gasteiger partial charge in [0, 0.05) is 6.42 Å². The first-order valence-electron chi connectivity index (χ1n) is 9.55. The number of rotatable bonds is 7. The SMILES string of the molecule is CC(C)(C)OC(=O)NC(Cc1ccc(C(F)(F)F)cc1)C(=O)NOCc1ccccc1. The smallest absolute Gasteiger partial charge is 0.416 e. The minimum atomic E-state index is -4.46. The molecular weight excluding hydrogens is 413 g/mol. The van der Waals surface area contributed by atoms with Crippen molar-refractivity contribution in [3.63, 3.8) is 0 Å². The standard InChI is InChI=1S/C22H25F3N2O4/c1-21(2,3)31-20(29)26-18(13-15-9-11-17(12-10-15)22(23,24)25)19(28)27-30-14-16-7-5-4-6-8-16/h4-12,18H,13-14H2,1-3H3,(H,26,29)(H,27,28). The molecule has 168 valence electrons. The Hall–Kier alpha value is -3.07. The van der Waals surface area contributed by atoms with Gasteiger partial charge >= 0.3 is 12.3 Å². The maximum atomic E-state index is 12.8. The molecule has 6 nitrogen and oxygen atoms in total. The molecule has 1 unspecified atom stereocenters. The van der Waals surface area contributed by atoms with Crippen LogP contribution in [0.15, 0.2) is 54.6 Å². The van der Waals surface area contributed by atoms with Crippen LogP contribution in [0.5, 0.6) is 0 Å². The van der Waals surface area contributed by atoms with Crippen molar-refractivity contribution in [2.75, 3.05) is 0 Å². The molecule has 0 aliphatic rings. The van der Waals surface area contributed by atoms with Gasteiger partial charge in [-0.1, -0.05) is 42.5 Å². The lowest BCUT2D eigenvalue weighted by atomic mass is 10.0. The van der Waals surface area contributed by atoms with Crippen molar-refractivity contribution in [1.82, 2.24) is 10.8 Å². The number of carbonyl (C=O) groups is 2. The molecule has 31 heavy (non-hydrogen) atoms. The molecule has 2 aromatic rings. The lowest BCUT2D eigenvalue weighted by Crippen LogP contribution is -2.49. The van der Waals surface area contributed by atoms with Crippen LogP contribution in [0, 0.1) is 0 Å². The number of halogens is 3. The predicted molar refractivity (Wildman–Crippen MR) is 108 cm³/mol. The van der Waals surface area contributed by atoms with Crippen molar-refractivity contribution in [3.05, 3.63) is 71.3 Å². The third-order valence-electron chi connectivity index (χ3n) is 3.98. The summed E-state index contributed by atoms with van der Waals surface area (Å²) in [6, 6.07) is 12.3. The molecule has 1 atom stereocenters. The third-order valence-corrected chi connectivity index (χ3v) is 3.98. The van der Waals surface area contributed by atoms with E-state index in [-0.39, 0.29) is 13.0 Å². The lowest BCUT2D eigenvalue weighted by molar-refractivity contribution is -0.138. The highest BCUT2D eigenvalue weighted by molar-refractivity contribution is 5.85. The minimum Gasteiger partial charge on any atom is -0.444 e. The van der Waals surface area contributed by atoms with E-state index in [0.29, 0.717) is 5.56 Å². The average Bonchev–Trinajstić information content (AvgIpc) is 2.66. The van der Waals surface area contributed by atoms with Gasteiger partial charge in [-0.15, -0.1) is 0 Å². The highest BCUT2D eigenvalue weighted by Gasteiger charge is 2.30. The highest BCUT2D eigenvalue weighted by atomic mass is 19.4. The molecule has 0 bridgehead atoms. The normalized spacial score (nSPS) is 12.7. The van der Waals surface area contributed by atoms with E-state index in [9.17, 15) is 22.8 Å². The molecule has 0 aromatic heterocycles. The van der Waals surface area contributed by atoms with E-state index >= 15 is 0 Å². The lowest BCUT2D eigenvalue weighted by Gasteiger charge is -2.23. The number of hydrogen-bond donors (Lipinski definition) is 2. The number of alkyl halides is 3. The zero-order valence-electron chi connectivity index (χ0n) is 17.5. The van der Waals surface area contributed by atoms with Crippen LogP contribution in [0.4, 0.5) is 18.0 Å². The van der Waals surface area contributed by atoms with Gasteiger partial charge in [0.15, 0.2) is 0 Å². The first kappa shape index (κ1) is 24.2. The van der Waals surface area contributed by atoms with Crippen LogP contribution >= 0.6 is 0 Å². The second-order valence-corrected chi connectivity index (χ2v) is 7.84. The maximum Gasteiger partial charge on any atom is 0.416 e. The summed E-state index contributed by atoms with van der Waals surface area (Å²) in [5.41, 5.74) is 1.92. The summed E-state index contributed by atoms with van der Waals surface area (Å²) in [6.07, 6.45) is -5.35. The van der Waals surface area contributed by atoms with E-state index in [2.05, 4.69) is 10.8 Å². The van der Waals surface area contributed by atoms with Gasteiger partial charge in [-0.05, 0) is 44.0 Å². The number of benzene rings is 2. The van der Waals surface area contributed by atoms with Crippen LogP contribution in [0.25, 0.3) is 0 Å². The Morgan fingerprint density at radius 3 is 2.10 bits per heavy atom. The Kier molecular flexibility index (Phi) is 8.04. The van der Waals surface area contributed by atoms with Gasteiger partial charge in [0.1, 0.15) is 11.6 Å². The number of alkyl carbamates (subject to hydrolysis) is 1. The molecule has 2 aromatic carbocycles. The number of hydroxylamine groups is 1. The molecule has 2 rings (SSSR count). The van der Waals surface area contributed by atoms with Crippen LogP contribution in [0.1, 0.15) is 37.5 Å². The Bertz CT molecular complexity index is 863. The van der Waals surface area contributed by atoms with Gasteiger partial charge < -0.3 is 10.1 Å². The van der Waals surface area contributed by atoms with Crippen LogP contribution in [-0.4, -0.2) is 23.6 Å². The van der Waals surface area contributed by atoms with Crippen LogP contribution in [-0.2, 0) is 33.6 Å². The Morgan fingerprint density at radius 1 is 0.935 bits per heavy atom. The third kappa shape index (κ3) is 8.67. The number of hydrogen-bond acceptors (Lipinski definition) is 4. The minimum absolute atomic E-state index is 0.0576. The molecular formula is C22H25F3N2O4. The van der Waals surface area contributed by atoms with E-state index in [1.165, 1.54) is 12.1 Å². The first-order chi connectivity index (χ1) is 14.4. The fourth-order valence-electron chi connectivity index (χ4n) is 2.56. The van der Waals surface area contributed by atoms with Gasteiger partial charge in [0.2, 0.25) is 0 Å². The summed E-state index contributed by atoms with van der Waals surface area (Å²) in [4.78, 5) is 29.9. The zero-order chi connectivity index (χ0) is 23.1. The van der Waals surface area contributed by atoms with Crippen LogP contribution in [0.2, 0.25) is 0 Å². The van der Waals surface area contributed by atoms with E-state index in [1.807, 2.05) is 30.3 Å². The second-order valence-electron chi connectivity index (χ2n) is 7.84.